The van der Waals surface area contributed by atoms with Gasteiger partial charge in [0.25, 0.3) is 0 Å². The average Bonchev–Trinajstić information content (AvgIpc) is 3.19. The van der Waals surface area contributed by atoms with Crippen LogP contribution in [0.25, 0.3) is 10.9 Å². The molecular formula is C24H28F3N5. The normalized spacial score (nSPS) is 15.9. The number of halogens is 3. The highest BCUT2D eigenvalue weighted by molar-refractivity contribution is 5.83. The first kappa shape index (κ1) is 22.2. The lowest BCUT2D eigenvalue weighted by Gasteiger charge is -2.33. The third-order valence-electron chi connectivity index (χ3n) is 5.96. The van der Waals surface area contributed by atoms with E-state index in [-0.39, 0.29) is 5.82 Å². The Hall–Kier alpha value is -3.00. The lowest BCUT2D eigenvalue weighted by atomic mass is 10.0. The molecule has 1 aliphatic heterocycles. The lowest BCUT2D eigenvalue weighted by Crippen LogP contribution is -2.48. The van der Waals surface area contributed by atoms with E-state index in [9.17, 15) is 13.2 Å². The topological polar surface area (TPSA) is 55.5 Å². The molecule has 2 aromatic carbocycles. The SMILES string of the molecule is CN=C(NCCc1c[nH]c2ccc(F)cc12)NC1CCN(Cc2ccc(F)c(F)c2)CC1. The standard InChI is InChI=1S/C24H28F3N5/c1-28-24(29-9-6-17-14-30-23-5-3-18(25)13-20(17)23)31-19-7-10-32(11-8-19)15-16-2-4-21(26)22(27)12-16/h2-5,12-14,19,30H,6-11,15H2,1H3,(H2,28,29,31). The molecule has 3 aromatic rings. The van der Waals surface area contributed by atoms with Gasteiger partial charge in [0.15, 0.2) is 17.6 Å². The van der Waals surface area contributed by atoms with Crippen molar-refractivity contribution < 1.29 is 13.2 Å². The average molecular weight is 444 g/mol. The van der Waals surface area contributed by atoms with E-state index in [4.69, 9.17) is 0 Å². The quantitative estimate of drug-likeness (QED) is 0.399. The van der Waals surface area contributed by atoms with Crippen LogP contribution in [0.4, 0.5) is 13.2 Å². The second kappa shape index (κ2) is 10.1. The minimum Gasteiger partial charge on any atom is -0.361 e. The molecule has 8 heteroatoms. The molecule has 4 rings (SSSR count). The summed E-state index contributed by atoms with van der Waals surface area (Å²) in [6.07, 6.45) is 4.54. The molecule has 0 amide bonds. The van der Waals surface area contributed by atoms with Crippen LogP contribution in [0.15, 0.2) is 47.6 Å². The monoisotopic (exact) mass is 443 g/mol. The Balaban J connectivity index is 1.22. The van der Waals surface area contributed by atoms with E-state index in [1.54, 1.807) is 25.2 Å². The summed E-state index contributed by atoms with van der Waals surface area (Å²) in [5, 5.41) is 7.71. The maximum atomic E-state index is 13.5. The summed E-state index contributed by atoms with van der Waals surface area (Å²) in [6, 6.07) is 9.15. The van der Waals surface area contributed by atoms with Gasteiger partial charge in [0.1, 0.15) is 5.82 Å². The van der Waals surface area contributed by atoms with Gasteiger partial charge in [-0.25, -0.2) is 13.2 Å². The molecule has 1 saturated heterocycles. The fraction of sp³-hybridized carbons (Fsp3) is 0.375. The van der Waals surface area contributed by atoms with Crippen LogP contribution in [-0.2, 0) is 13.0 Å². The van der Waals surface area contributed by atoms with Crippen LogP contribution in [-0.4, -0.2) is 48.6 Å². The van der Waals surface area contributed by atoms with Crippen molar-refractivity contribution in [3.05, 3.63) is 71.2 Å². The number of likely N-dealkylation sites (tertiary alicyclic amines) is 1. The highest BCUT2D eigenvalue weighted by atomic mass is 19.2. The molecule has 0 saturated carbocycles. The summed E-state index contributed by atoms with van der Waals surface area (Å²) in [5.41, 5.74) is 2.77. The minimum atomic E-state index is -0.813. The molecule has 1 aromatic heterocycles. The summed E-state index contributed by atoms with van der Waals surface area (Å²) < 4.78 is 40.1. The molecule has 5 nitrogen and oxygen atoms in total. The summed E-state index contributed by atoms with van der Waals surface area (Å²) in [4.78, 5) is 9.74. The Morgan fingerprint density at radius 2 is 1.91 bits per heavy atom. The predicted molar refractivity (Wildman–Crippen MR) is 121 cm³/mol. The molecule has 0 aliphatic carbocycles. The van der Waals surface area contributed by atoms with Gasteiger partial charge in [-0.1, -0.05) is 6.07 Å². The van der Waals surface area contributed by atoms with Crippen molar-refractivity contribution in [2.24, 2.45) is 4.99 Å². The van der Waals surface area contributed by atoms with Gasteiger partial charge in [-0.05, 0) is 60.7 Å². The van der Waals surface area contributed by atoms with Crippen molar-refractivity contribution in [2.45, 2.75) is 31.8 Å². The van der Waals surface area contributed by atoms with Crippen molar-refractivity contribution >= 4 is 16.9 Å². The smallest absolute Gasteiger partial charge is 0.191 e. The number of nitrogens with zero attached hydrogens (tertiary/aromatic N) is 2. The zero-order valence-electron chi connectivity index (χ0n) is 18.1. The largest absolute Gasteiger partial charge is 0.361 e. The third-order valence-corrected chi connectivity index (χ3v) is 5.96. The van der Waals surface area contributed by atoms with E-state index >= 15 is 0 Å². The molecule has 32 heavy (non-hydrogen) atoms. The van der Waals surface area contributed by atoms with E-state index in [1.165, 1.54) is 18.2 Å². The predicted octanol–water partition coefficient (Wildman–Crippen LogP) is 3.96. The van der Waals surface area contributed by atoms with Crippen molar-refractivity contribution in [2.75, 3.05) is 26.7 Å². The molecule has 3 N–H and O–H groups in total. The maximum Gasteiger partial charge on any atom is 0.191 e. The van der Waals surface area contributed by atoms with Crippen LogP contribution >= 0.6 is 0 Å². The number of aromatic nitrogens is 1. The van der Waals surface area contributed by atoms with Crippen molar-refractivity contribution in [3.63, 3.8) is 0 Å². The van der Waals surface area contributed by atoms with Crippen molar-refractivity contribution in [3.8, 4) is 0 Å². The lowest BCUT2D eigenvalue weighted by molar-refractivity contribution is 0.198. The van der Waals surface area contributed by atoms with Gasteiger partial charge in [0.05, 0.1) is 0 Å². The third kappa shape index (κ3) is 5.43. The van der Waals surface area contributed by atoms with Crippen LogP contribution in [0.3, 0.4) is 0 Å². The number of aromatic amines is 1. The number of hydrogen-bond acceptors (Lipinski definition) is 2. The van der Waals surface area contributed by atoms with Crippen molar-refractivity contribution in [1.82, 2.24) is 20.5 Å². The molecule has 1 fully saturated rings. The summed E-state index contributed by atoms with van der Waals surface area (Å²) in [6.45, 7) is 3.03. The highest BCUT2D eigenvalue weighted by Gasteiger charge is 2.20. The van der Waals surface area contributed by atoms with Crippen LogP contribution in [0.1, 0.15) is 24.0 Å². The molecule has 170 valence electrons. The molecule has 0 atom stereocenters. The van der Waals surface area contributed by atoms with Crippen LogP contribution in [0, 0.1) is 17.5 Å². The molecule has 1 aliphatic rings. The van der Waals surface area contributed by atoms with Gasteiger partial charge >= 0.3 is 0 Å². The Labute approximate surface area is 185 Å². The molecule has 2 heterocycles. The minimum absolute atomic E-state index is 0.236. The summed E-state index contributed by atoms with van der Waals surface area (Å²) in [5.74, 6) is -1.10. The van der Waals surface area contributed by atoms with E-state index < -0.39 is 11.6 Å². The molecular weight excluding hydrogens is 415 g/mol. The zero-order valence-corrected chi connectivity index (χ0v) is 18.1. The zero-order chi connectivity index (χ0) is 22.5. The van der Waals surface area contributed by atoms with E-state index in [0.29, 0.717) is 19.1 Å². The van der Waals surface area contributed by atoms with Gasteiger partial charge in [-0.3, -0.25) is 9.89 Å². The van der Waals surface area contributed by atoms with Gasteiger partial charge in [0.2, 0.25) is 0 Å². The first-order chi connectivity index (χ1) is 15.5. The van der Waals surface area contributed by atoms with E-state index in [0.717, 1.165) is 60.3 Å². The van der Waals surface area contributed by atoms with Crippen LogP contribution in [0.5, 0.6) is 0 Å². The van der Waals surface area contributed by atoms with E-state index in [1.807, 2.05) is 6.20 Å². The van der Waals surface area contributed by atoms with Gasteiger partial charge in [0, 0.05) is 56.4 Å². The Bertz CT molecular complexity index is 1090. The fourth-order valence-corrected chi connectivity index (χ4v) is 4.19. The number of H-pyrrole nitrogens is 1. The molecule has 0 radical (unpaired) electrons. The van der Waals surface area contributed by atoms with E-state index in [2.05, 4.69) is 25.5 Å². The second-order valence-electron chi connectivity index (χ2n) is 8.20. The number of rotatable bonds is 6. The van der Waals surface area contributed by atoms with Gasteiger partial charge < -0.3 is 15.6 Å². The second-order valence-corrected chi connectivity index (χ2v) is 8.20. The Morgan fingerprint density at radius 1 is 1.09 bits per heavy atom. The Morgan fingerprint density at radius 3 is 2.66 bits per heavy atom. The number of aliphatic imine (C=N–C) groups is 1. The van der Waals surface area contributed by atoms with Crippen LogP contribution < -0.4 is 10.6 Å². The van der Waals surface area contributed by atoms with Gasteiger partial charge in [-0.2, -0.15) is 0 Å². The first-order valence-corrected chi connectivity index (χ1v) is 10.9. The Kier molecular flexibility index (Phi) is 6.99. The molecule has 0 unspecified atom stereocenters. The number of guanidine groups is 1. The molecule has 0 bridgehead atoms. The van der Waals surface area contributed by atoms with Gasteiger partial charge in [-0.15, -0.1) is 0 Å². The molecule has 0 spiro atoms. The summed E-state index contributed by atoms with van der Waals surface area (Å²) in [7, 11) is 1.74. The number of piperidine rings is 1. The maximum absolute atomic E-state index is 13.5. The van der Waals surface area contributed by atoms with Crippen molar-refractivity contribution in [1.29, 1.82) is 0 Å². The highest BCUT2D eigenvalue weighted by Crippen LogP contribution is 2.20. The summed E-state index contributed by atoms with van der Waals surface area (Å²) >= 11 is 0. The number of nitrogens with one attached hydrogen (secondary N) is 3. The number of benzene rings is 2. The van der Waals surface area contributed by atoms with Crippen LogP contribution in [0.2, 0.25) is 0 Å². The fourth-order valence-electron chi connectivity index (χ4n) is 4.19. The number of hydrogen-bond donors (Lipinski definition) is 3. The first-order valence-electron chi connectivity index (χ1n) is 10.9. The number of fused-ring (bicyclic) bond motifs is 1.